The van der Waals surface area contributed by atoms with Crippen LogP contribution in [0.5, 0.6) is 28.7 Å². The van der Waals surface area contributed by atoms with Crippen LogP contribution in [-0.4, -0.2) is 49.9 Å². The lowest BCUT2D eigenvalue weighted by molar-refractivity contribution is -0.142. The van der Waals surface area contributed by atoms with E-state index in [1.807, 2.05) is 0 Å². The van der Waals surface area contributed by atoms with Crippen molar-refractivity contribution in [1.82, 2.24) is 0 Å². The summed E-state index contributed by atoms with van der Waals surface area (Å²) in [6.07, 6.45) is 0.262. The zero-order chi connectivity index (χ0) is 25.5. The van der Waals surface area contributed by atoms with E-state index in [0.29, 0.717) is 5.56 Å². The molecule has 0 aliphatic carbocycles. The Kier molecular flexibility index (Phi) is 8.46. The van der Waals surface area contributed by atoms with E-state index in [4.69, 9.17) is 20.7 Å². The quantitative estimate of drug-likeness (QED) is 0.225. The minimum atomic E-state index is -1.39. The Morgan fingerprint density at radius 1 is 0.853 bits per heavy atom. The first-order chi connectivity index (χ1) is 15.9. The molecule has 0 amide bonds. The molecule has 0 aliphatic heterocycles. The number of methoxy groups -OCH3 is 1. The highest BCUT2D eigenvalue weighted by atomic mass is 16.5. The second kappa shape index (κ2) is 11.1. The molecule has 0 aliphatic rings. The second-order valence-electron chi connectivity index (χ2n) is 7.87. The number of phenols is 4. The number of carbonyl (C=O) groups excluding carboxylic acids is 1. The van der Waals surface area contributed by atoms with E-state index >= 15 is 0 Å². The van der Waals surface area contributed by atoms with Crippen molar-refractivity contribution in [2.45, 2.75) is 25.3 Å². The number of ketones is 1. The third-order valence-corrected chi connectivity index (χ3v) is 4.91. The zero-order valence-electron chi connectivity index (χ0n) is 18.7. The number of hydrogen-bond acceptors (Lipinski definition) is 8. The Bertz CT molecular complexity index is 1160. The van der Waals surface area contributed by atoms with E-state index in [9.17, 15) is 24.9 Å². The lowest BCUT2D eigenvalue weighted by Crippen LogP contribution is -2.46. The van der Waals surface area contributed by atoms with Crippen LogP contribution in [0.15, 0.2) is 60.7 Å². The molecule has 34 heavy (non-hydrogen) atoms. The first kappa shape index (κ1) is 26.0. The number of Topliss-reactive ketones (excluding diaryl/α,β-unsaturated/α-hetero) is 1. The van der Waals surface area contributed by atoms with Crippen LogP contribution < -0.4 is 10.5 Å². The molecule has 0 heterocycles. The van der Waals surface area contributed by atoms with Gasteiger partial charge >= 0.3 is 5.97 Å². The Labute approximate surface area is 196 Å². The van der Waals surface area contributed by atoms with Crippen molar-refractivity contribution in [2.75, 3.05) is 7.11 Å². The topological polar surface area (TPSA) is 171 Å². The van der Waals surface area contributed by atoms with Gasteiger partial charge in [-0.05, 0) is 54.4 Å². The third-order valence-electron chi connectivity index (χ3n) is 4.91. The van der Waals surface area contributed by atoms with Gasteiger partial charge in [0, 0.05) is 18.9 Å². The Morgan fingerprint density at radius 3 is 2.00 bits per heavy atom. The van der Waals surface area contributed by atoms with Crippen LogP contribution in [0.2, 0.25) is 0 Å². The van der Waals surface area contributed by atoms with Crippen molar-refractivity contribution in [3.05, 3.63) is 77.4 Å². The molecule has 3 aromatic carbocycles. The third kappa shape index (κ3) is 7.14. The van der Waals surface area contributed by atoms with Crippen molar-refractivity contribution >= 4 is 11.8 Å². The normalized spacial score (nSPS) is 12.1. The molecule has 0 radical (unpaired) electrons. The summed E-state index contributed by atoms with van der Waals surface area (Å²) in [4.78, 5) is 22.8. The first-order valence-corrected chi connectivity index (χ1v) is 10.1. The predicted molar refractivity (Wildman–Crippen MR) is 125 cm³/mol. The molecule has 1 atom stereocenters. The summed E-state index contributed by atoms with van der Waals surface area (Å²) in [6.45, 7) is 1.39. The van der Waals surface area contributed by atoms with E-state index in [1.165, 1.54) is 37.3 Å². The van der Waals surface area contributed by atoms with Crippen LogP contribution in [0, 0.1) is 0 Å². The number of rotatable bonds is 7. The van der Waals surface area contributed by atoms with Gasteiger partial charge in [-0.25, -0.2) is 0 Å². The standard InChI is InChI=1S/C15H14O4.C10H13NO4/c1-19-12-5-2-10(3-6-12)8-14(17)13-7-4-11(16)9-15(13)18;1-10(11,9(14)15)5-6-2-3-7(12)8(13)4-6/h2-7,9,16,18H,8H2,1H3;2-4,12-13H,5,11H2,1H3,(H,14,15). The number of aliphatic carboxylic acids is 1. The molecule has 0 fully saturated rings. The molecular weight excluding hydrogens is 442 g/mol. The molecule has 0 saturated heterocycles. The Morgan fingerprint density at radius 2 is 1.47 bits per heavy atom. The Hall–Kier alpha value is -4.24. The smallest absolute Gasteiger partial charge is 0.323 e. The highest BCUT2D eigenvalue weighted by Gasteiger charge is 2.28. The highest BCUT2D eigenvalue weighted by Crippen LogP contribution is 2.26. The molecule has 0 bridgehead atoms. The Balaban J connectivity index is 0.000000248. The lowest BCUT2D eigenvalue weighted by atomic mass is 9.94. The summed E-state index contributed by atoms with van der Waals surface area (Å²) in [5.74, 6) is -1.40. The molecule has 3 aromatic rings. The fraction of sp³-hybridized carbons (Fsp3) is 0.200. The van der Waals surface area contributed by atoms with Gasteiger partial charge in [-0.2, -0.15) is 0 Å². The molecule has 7 N–H and O–H groups in total. The maximum absolute atomic E-state index is 12.0. The van der Waals surface area contributed by atoms with E-state index < -0.39 is 11.5 Å². The van der Waals surface area contributed by atoms with Gasteiger partial charge in [-0.3, -0.25) is 9.59 Å². The minimum Gasteiger partial charge on any atom is -0.508 e. The number of carbonyl (C=O) groups is 2. The maximum atomic E-state index is 12.0. The summed E-state index contributed by atoms with van der Waals surface area (Å²) in [7, 11) is 1.58. The number of carboxylic acids is 1. The summed E-state index contributed by atoms with van der Waals surface area (Å²) in [5, 5.41) is 45.8. The molecule has 3 rings (SSSR count). The number of ether oxygens (including phenoxy) is 1. The van der Waals surface area contributed by atoms with Crippen LogP contribution in [-0.2, 0) is 17.6 Å². The van der Waals surface area contributed by atoms with Crippen molar-refractivity contribution in [1.29, 1.82) is 0 Å². The van der Waals surface area contributed by atoms with E-state index in [2.05, 4.69) is 0 Å². The molecule has 0 aromatic heterocycles. The average molecular weight is 469 g/mol. The predicted octanol–water partition coefficient (Wildman–Crippen LogP) is 2.97. The first-order valence-electron chi connectivity index (χ1n) is 10.1. The van der Waals surface area contributed by atoms with Gasteiger partial charge in [0.15, 0.2) is 17.3 Å². The van der Waals surface area contributed by atoms with Gasteiger partial charge in [-0.1, -0.05) is 18.2 Å². The number of benzene rings is 3. The highest BCUT2D eigenvalue weighted by molar-refractivity contribution is 6.00. The second-order valence-corrected chi connectivity index (χ2v) is 7.87. The van der Waals surface area contributed by atoms with Gasteiger partial charge in [0.1, 0.15) is 22.8 Å². The molecule has 180 valence electrons. The van der Waals surface area contributed by atoms with Crippen LogP contribution >= 0.6 is 0 Å². The number of carboxylic acid groups (broad SMARTS) is 1. The summed E-state index contributed by atoms with van der Waals surface area (Å²) in [5.41, 5.74) is 5.74. The van der Waals surface area contributed by atoms with E-state index in [1.54, 1.807) is 31.4 Å². The lowest BCUT2D eigenvalue weighted by Gasteiger charge is -2.19. The fourth-order valence-electron chi connectivity index (χ4n) is 2.96. The minimum absolute atomic E-state index is 0.0708. The molecular formula is C25H27NO8. The van der Waals surface area contributed by atoms with Crippen molar-refractivity contribution in [3.63, 3.8) is 0 Å². The number of aromatic hydroxyl groups is 4. The van der Waals surface area contributed by atoms with Crippen LogP contribution in [0.3, 0.4) is 0 Å². The molecule has 9 heteroatoms. The maximum Gasteiger partial charge on any atom is 0.323 e. The van der Waals surface area contributed by atoms with Crippen LogP contribution in [0.25, 0.3) is 0 Å². The van der Waals surface area contributed by atoms with Crippen LogP contribution in [0.1, 0.15) is 28.4 Å². The fourth-order valence-corrected chi connectivity index (χ4v) is 2.96. The molecule has 9 nitrogen and oxygen atoms in total. The summed E-state index contributed by atoms with van der Waals surface area (Å²) in [6, 6.07) is 15.2. The molecule has 1 unspecified atom stereocenters. The molecule has 0 spiro atoms. The zero-order valence-corrected chi connectivity index (χ0v) is 18.7. The number of hydrogen-bond donors (Lipinski definition) is 6. The van der Waals surface area contributed by atoms with Crippen molar-refractivity contribution in [2.24, 2.45) is 5.73 Å². The van der Waals surface area contributed by atoms with Gasteiger partial charge < -0.3 is 36.0 Å². The molecule has 0 saturated carbocycles. The van der Waals surface area contributed by atoms with Gasteiger partial charge in [0.2, 0.25) is 0 Å². The van der Waals surface area contributed by atoms with E-state index in [0.717, 1.165) is 17.4 Å². The number of phenolic OH excluding ortho intramolecular Hbond substituents is 4. The monoisotopic (exact) mass is 469 g/mol. The van der Waals surface area contributed by atoms with Gasteiger partial charge in [-0.15, -0.1) is 0 Å². The average Bonchev–Trinajstić information content (AvgIpc) is 2.77. The van der Waals surface area contributed by atoms with Gasteiger partial charge in [0.25, 0.3) is 0 Å². The summed E-state index contributed by atoms with van der Waals surface area (Å²) < 4.78 is 5.04. The van der Waals surface area contributed by atoms with Gasteiger partial charge in [0.05, 0.1) is 12.7 Å². The largest absolute Gasteiger partial charge is 0.508 e. The van der Waals surface area contributed by atoms with Crippen molar-refractivity contribution in [3.8, 4) is 28.7 Å². The van der Waals surface area contributed by atoms with Crippen LogP contribution in [0.4, 0.5) is 0 Å². The number of nitrogens with two attached hydrogens (primary N) is 1. The SMILES string of the molecule is CC(N)(Cc1ccc(O)c(O)c1)C(=O)O.COc1ccc(CC(=O)c2ccc(O)cc2O)cc1. The summed E-state index contributed by atoms with van der Waals surface area (Å²) >= 11 is 0. The van der Waals surface area contributed by atoms with E-state index in [-0.39, 0.29) is 47.2 Å². The van der Waals surface area contributed by atoms with Crippen molar-refractivity contribution < 1.29 is 39.9 Å².